The number of carbonyl (C=O) groups excluding carboxylic acids is 1. The van der Waals surface area contributed by atoms with Crippen molar-refractivity contribution < 1.29 is 9.53 Å². The Morgan fingerprint density at radius 1 is 1.15 bits per heavy atom. The molecule has 2 aromatic rings. The van der Waals surface area contributed by atoms with Crippen LogP contribution < -0.4 is 4.74 Å². The molecule has 0 saturated heterocycles. The lowest BCUT2D eigenvalue weighted by molar-refractivity contribution is 0.112. The van der Waals surface area contributed by atoms with E-state index in [-0.39, 0.29) is 0 Å². The van der Waals surface area contributed by atoms with Gasteiger partial charge in [-0.15, -0.1) is 11.8 Å². The van der Waals surface area contributed by atoms with E-state index in [4.69, 9.17) is 27.9 Å². The van der Waals surface area contributed by atoms with Crippen LogP contribution in [-0.2, 0) is 0 Å². The second-order valence-corrected chi connectivity index (χ2v) is 5.95. The predicted molar refractivity (Wildman–Crippen MR) is 84.5 cm³/mol. The molecular weight excluding hydrogens is 315 g/mol. The van der Waals surface area contributed by atoms with E-state index < -0.39 is 0 Å². The van der Waals surface area contributed by atoms with Gasteiger partial charge < -0.3 is 4.74 Å². The standard InChI is InChI=1S/C15H12Cl2O2S/c16-12-8-11(10-18)15(14(17)9-12)19-6-7-20-13-4-2-1-3-5-13/h1-5,8-10H,6-7H2. The summed E-state index contributed by atoms with van der Waals surface area (Å²) in [5.41, 5.74) is 0.368. The summed E-state index contributed by atoms with van der Waals surface area (Å²) in [5, 5.41) is 0.771. The molecule has 0 aliphatic rings. The van der Waals surface area contributed by atoms with Gasteiger partial charge in [-0.05, 0) is 24.3 Å². The van der Waals surface area contributed by atoms with Gasteiger partial charge in [-0.1, -0.05) is 41.4 Å². The molecule has 0 heterocycles. The van der Waals surface area contributed by atoms with E-state index in [2.05, 4.69) is 0 Å². The molecule has 0 bridgehead atoms. The molecule has 5 heteroatoms. The molecule has 0 aromatic heterocycles. The van der Waals surface area contributed by atoms with E-state index >= 15 is 0 Å². The number of benzene rings is 2. The molecule has 0 unspecified atom stereocenters. The maximum atomic E-state index is 11.0. The first-order valence-electron chi connectivity index (χ1n) is 5.95. The average Bonchev–Trinajstić information content (AvgIpc) is 2.45. The Bertz CT molecular complexity index is 588. The van der Waals surface area contributed by atoms with Crippen molar-refractivity contribution in [3.63, 3.8) is 0 Å². The van der Waals surface area contributed by atoms with Crippen molar-refractivity contribution in [2.45, 2.75) is 4.90 Å². The van der Waals surface area contributed by atoms with E-state index in [9.17, 15) is 4.79 Å². The number of ether oxygens (including phenoxy) is 1. The minimum atomic E-state index is 0.351. The number of aldehydes is 1. The second-order valence-electron chi connectivity index (χ2n) is 3.93. The first-order valence-corrected chi connectivity index (χ1v) is 7.69. The van der Waals surface area contributed by atoms with Crippen molar-refractivity contribution in [2.24, 2.45) is 0 Å². The second kappa shape index (κ2) is 7.58. The summed E-state index contributed by atoms with van der Waals surface area (Å²) < 4.78 is 5.59. The van der Waals surface area contributed by atoms with Gasteiger partial charge in [-0.2, -0.15) is 0 Å². The topological polar surface area (TPSA) is 26.3 Å². The van der Waals surface area contributed by atoms with Crippen LogP contribution >= 0.6 is 35.0 Å². The molecular formula is C15H12Cl2O2S. The number of hydrogen-bond acceptors (Lipinski definition) is 3. The number of thioether (sulfide) groups is 1. The normalized spacial score (nSPS) is 10.3. The summed E-state index contributed by atoms with van der Waals surface area (Å²) in [7, 11) is 0. The van der Waals surface area contributed by atoms with Crippen LogP contribution in [0.1, 0.15) is 10.4 Å². The van der Waals surface area contributed by atoms with Crippen LogP contribution in [0.3, 0.4) is 0 Å². The number of carbonyl (C=O) groups is 1. The van der Waals surface area contributed by atoms with Crippen molar-refractivity contribution in [1.82, 2.24) is 0 Å². The van der Waals surface area contributed by atoms with Gasteiger partial charge in [-0.3, -0.25) is 4.79 Å². The van der Waals surface area contributed by atoms with Crippen LogP contribution in [0.25, 0.3) is 0 Å². The number of hydrogen-bond donors (Lipinski definition) is 0. The minimum absolute atomic E-state index is 0.351. The highest BCUT2D eigenvalue weighted by atomic mass is 35.5. The molecule has 0 atom stereocenters. The fourth-order valence-corrected chi connectivity index (χ4v) is 2.96. The van der Waals surface area contributed by atoms with Crippen LogP contribution in [0.5, 0.6) is 5.75 Å². The highest BCUT2D eigenvalue weighted by Crippen LogP contribution is 2.31. The van der Waals surface area contributed by atoms with Gasteiger partial charge in [0.1, 0.15) is 5.75 Å². The number of halogens is 2. The maximum absolute atomic E-state index is 11.0. The van der Waals surface area contributed by atoms with Crippen LogP contribution in [0.2, 0.25) is 10.0 Å². The molecule has 0 aliphatic carbocycles. The Morgan fingerprint density at radius 3 is 2.60 bits per heavy atom. The Morgan fingerprint density at radius 2 is 1.90 bits per heavy atom. The lowest BCUT2D eigenvalue weighted by atomic mass is 10.2. The molecule has 0 amide bonds. The third-order valence-corrected chi connectivity index (χ3v) is 3.98. The van der Waals surface area contributed by atoms with Crippen LogP contribution in [-0.4, -0.2) is 18.6 Å². The van der Waals surface area contributed by atoms with Crippen LogP contribution in [0.15, 0.2) is 47.4 Å². The molecule has 2 aromatic carbocycles. The molecule has 104 valence electrons. The smallest absolute Gasteiger partial charge is 0.153 e. The van der Waals surface area contributed by atoms with Crippen molar-refractivity contribution in [1.29, 1.82) is 0 Å². The van der Waals surface area contributed by atoms with E-state index in [1.165, 1.54) is 4.90 Å². The lowest BCUT2D eigenvalue weighted by Gasteiger charge is -2.10. The van der Waals surface area contributed by atoms with Gasteiger partial charge in [0.15, 0.2) is 6.29 Å². The van der Waals surface area contributed by atoms with Crippen molar-refractivity contribution in [3.8, 4) is 5.75 Å². The first kappa shape index (κ1) is 15.2. The Balaban J connectivity index is 1.93. The SMILES string of the molecule is O=Cc1cc(Cl)cc(Cl)c1OCCSc1ccccc1. The average molecular weight is 327 g/mol. The summed E-state index contributed by atoms with van der Waals surface area (Å²) in [6.07, 6.45) is 0.692. The molecule has 20 heavy (non-hydrogen) atoms. The fraction of sp³-hybridized carbons (Fsp3) is 0.133. The summed E-state index contributed by atoms with van der Waals surface area (Å²) in [6.45, 7) is 0.460. The third-order valence-electron chi connectivity index (χ3n) is 2.51. The summed E-state index contributed by atoms with van der Waals surface area (Å²) in [5.74, 6) is 1.15. The molecule has 2 nitrogen and oxygen atoms in total. The van der Waals surface area contributed by atoms with Gasteiger partial charge in [0.2, 0.25) is 0 Å². The molecule has 0 aliphatic heterocycles. The molecule has 0 fully saturated rings. The first-order chi connectivity index (χ1) is 9.70. The fourth-order valence-electron chi connectivity index (χ4n) is 1.64. The quantitative estimate of drug-likeness (QED) is 0.425. The van der Waals surface area contributed by atoms with E-state index in [0.29, 0.717) is 34.3 Å². The Labute approximate surface area is 132 Å². The lowest BCUT2D eigenvalue weighted by Crippen LogP contribution is -2.03. The van der Waals surface area contributed by atoms with Crippen molar-refractivity contribution in [3.05, 3.63) is 58.1 Å². The van der Waals surface area contributed by atoms with Crippen molar-refractivity contribution >= 4 is 41.2 Å². The molecule has 2 rings (SSSR count). The zero-order valence-electron chi connectivity index (χ0n) is 10.5. The van der Waals surface area contributed by atoms with Gasteiger partial charge >= 0.3 is 0 Å². The maximum Gasteiger partial charge on any atom is 0.153 e. The van der Waals surface area contributed by atoms with E-state index in [1.807, 2.05) is 30.3 Å². The molecule has 0 saturated carbocycles. The third kappa shape index (κ3) is 4.17. The zero-order chi connectivity index (χ0) is 14.4. The monoisotopic (exact) mass is 326 g/mol. The summed E-state index contributed by atoms with van der Waals surface area (Å²) >= 11 is 13.6. The van der Waals surface area contributed by atoms with Gasteiger partial charge in [0, 0.05) is 15.7 Å². The summed E-state index contributed by atoms with van der Waals surface area (Å²) in [4.78, 5) is 12.2. The van der Waals surface area contributed by atoms with Crippen LogP contribution in [0, 0.1) is 0 Å². The Hall–Kier alpha value is -1.16. The number of rotatable bonds is 6. The highest BCUT2D eigenvalue weighted by Gasteiger charge is 2.10. The largest absolute Gasteiger partial charge is 0.490 e. The van der Waals surface area contributed by atoms with Gasteiger partial charge in [-0.25, -0.2) is 0 Å². The molecule has 0 N–H and O–H groups in total. The zero-order valence-corrected chi connectivity index (χ0v) is 12.8. The van der Waals surface area contributed by atoms with Gasteiger partial charge in [0.05, 0.1) is 17.2 Å². The van der Waals surface area contributed by atoms with Crippen LogP contribution in [0.4, 0.5) is 0 Å². The highest BCUT2D eigenvalue weighted by molar-refractivity contribution is 7.99. The summed E-state index contributed by atoms with van der Waals surface area (Å²) in [6, 6.07) is 13.1. The molecule has 0 radical (unpaired) electrons. The van der Waals surface area contributed by atoms with E-state index in [1.54, 1.807) is 23.9 Å². The molecule has 0 spiro atoms. The minimum Gasteiger partial charge on any atom is -0.490 e. The van der Waals surface area contributed by atoms with Crippen molar-refractivity contribution in [2.75, 3.05) is 12.4 Å². The predicted octanol–water partition coefficient (Wildman–Crippen LogP) is 4.98. The van der Waals surface area contributed by atoms with E-state index in [0.717, 1.165) is 5.75 Å². The Kier molecular flexibility index (Phi) is 5.77. The van der Waals surface area contributed by atoms with Gasteiger partial charge in [0.25, 0.3) is 0 Å².